The van der Waals surface area contributed by atoms with E-state index in [0.29, 0.717) is 37.2 Å². The fraction of sp³-hybridized carbons (Fsp3) is 0.818. The number of esters is 1. The lowest BCUT2D eigenvalue weighted by Crippen LogP contribution is -2.65. The minimum atomic E-state index is -0.543. The van der Waals surface area contributed by atoms with Crippen molar-refractivity contribution >= 4 is 11.9 Å². The Morgan fingerprint density at radius 3 is 2.33 bits per heavy atom. The van der Waals surface area contributed by atoms with Crippen LogP contribution in [0.4, 0.5) is 0 Å². The summed E-state index contributed by atoms with van der Waals surface area (Å²) in [6.45, 7) is 14.7. The van der Waals surface area contributed by atoms with Crippen LogP contribution >= 0.6 is 0 Å². The molecule has 0 aromatic rings. The molecule has 0 radical (unpaired) electrons. The summed E-state index contributed by atoms with van der Waals surface area (Å²) >= 11 is 0. The standard InChI is InChI=1S/C33H53NO6/c1-19(2)11-10-12-22(30(38)34(8)39-9)28-24-17-26(37)29-31(5)15-14-25(36)20(3)23(31)13-16-32(29,6)33(24,7)18-27(28)40-21(4)35/h11,20,23-27,29,36-37H,10,12-18H2,1-9H3/b28-22-/t20-,23-,24-,25+,26+,27-,29-,31-,32-,33-/m0/s1. The molecule has 0 saturated heterocycles. The van der Waals surface area contributed by atoms with Gasteiger partial charge >= 0.3 is 5.97 Å². The van der Waals surface area contributed by atoms with Gasteiger partial charge in [0.05, 0.1) is 19.3 Å². The van der Waals surface area contributed by atoms with Crippen LogP contribution in [0.5, 0.6) is 0 Å². The number of carbonyl (C=O) groups excluding carboxylic acids is 2. The Bertz CT molecular complexity index is 1060. The molecular formula is C33H53NO6. The average molecular weight is 560 g/mol. The lowest BCUT2D eigenvalue weighted by Gasteiger charge is -2.69. The highest BCUT2D eigenvalue weighted by Gasteiger charge is 2.70. The van der Waals surface area contributed by atoms with Crippen molar-refractivity contribution in [1.29, 1.82) is 0 Å². The van der Waals surface area contributed by atoms with E-state index in [2.05, 4.69) is 33.8 Å². The number of hydrogen-bond acceptors (Lipinski definition) is 6. The molecule has 0 aromatic heterocycles. The SMILES string of the molecule is CON(C)C(=O)/C(CCC=C(C)C)=C1\[C@@H](OC(C)=O)C[C@@]2(C)[C@H]1C[C@@H](O)[C@H]1[C@@]3(C)CC[C@@H](O)[C@@H](C)[C@@H]3CC[C@@]12C. The minimum absolute atomic E-state index is 0.0683. The maximum absolute atomic E-state index is 13.8. The smallest absolute Gasteiger partial charge is 0.303 e. The first kappa shape index (κ1) is 31.2. The molecule has 7 heteroatoms. The third-order valence-corrected chi connectivity index (χ3v) is 12.1. The second-order valence-corrected chi connectivity index (χ2v) is 14.3. The van der Waals surface area contributed by atoms with Crippen LogP contribution in [0.15, 0.2) is 22.8 Å². The number of allylic oxidation sites excluding steroid dienone is 2. The van der Waals surface area contributed by atoms with E-state index in [0.717, 1.165) is 31.3 Å². The highest BCUT2D eigenvalue weighted by molar-refractivity contribution is 5.94. The number of carbonyl (C=O) groups is 2. The molecule has 4 fully saturated rings. The number of aliphatic hydroxyl groups excluding tert-OH is 2. The van der Waals surface area contributed by atoms with Crippen molar-refractivity contribution in [2.75, 3.05) is 14.2 Å². The number of nitrogens with zero attached hydrogens (tertiary/aromatic N) is 1. The molecule has 0 bridgehead atoms. The van der Waals surface area contributed by atoms with Gasteiger partial charge in [0.15, 0.2) is 0 Å². The number of fused-ring (bicyclic) bond motifs is 5. The van der Waals surface area contributed by atoms with Gasteiger partial charge in [0.2, 0.25) is 0 Å². The van der Waals surface area contributed by atoms with Crippen molar-refractivity contribution in [2.45, 2.75) is 118 Å². The summed E-state index contributed by atoms with van der Waals surface area (Å²) in [5.41, 5.74) is 2.14. The molecule has 4 saturated carbocycles. The largest absolute Gasteiger partial charge is 0.458 e. The van der Waals surface area contributed by atoms with Gasteiger partial charge in [-0.05, 0) is 111 Å². The summed E-state index contributed by atoms with van der Waals surface area (Å²) in [5, 5.41) is 24.1. The first-order valence-electron chi connectivity index (χ1n) is 15.3. The molecule has 0 heterocycles. The monoisotopic (exact) mass is 559 g/mol. The van der Waals surface area contributed by atoms with E-state index in [9.17, 15) is 19.8 Å². The van der Waals surface area contributed by atoms with Crippen molar-refractivity contribution in [3.8, 4) is 0 Å². The molecule has 2 N–H and O–H groups in total. The molecule has 0 unspecified atom stereocenters. The number of hydroxylamine groups is 2. The van der Waals surface area contributed by atoms with Crippen LogP contribution in [0.1, 0.15) is 99.8 Å². The highest BCUT2D eigenvalue weighted by Crippen LogP contribution is 2.74. The summed E-state index contributed by atoms with van der Waals surface area (Å²) in [7, 11) is 3.10. The van der Waals surface area contributed by atoms with Gasteiger partial charge < -0.3 is 14.9 Å². The molecule has 4 aliphatic carbocycles. The second-order valence-electron chi connectivity index (χ2n) is 14.3. The molecule has 4 aliphatic rings. The molecule has 0 spiro atoms. The topological polar surface area (TPSA) is 96.3 Å². The van der Waals surface area contributed by atoms with E-state index in [1.807, 2.05) is 13.8 Å². The number of hydrogen-bond donors (Lipinski definition) is 2. The summed E-state index contributed by atoms with van der Waals surface area (Å²) in [6, 6.07) is 0. The zero-order valence-electron chi connectivity index (χ0n) is 26.3. The van der Waals surface area contributed by atoms with Gasteiger partial charge in [0, 0.05) is 19.5 Å². The minimum Gasteiger partial charge on any atom is -0.458 e. The Labute approximate surface area is 241 Å². The summed E-state index contributed by atoms with van der Waals surface area (Å²) in [4.78, 5) is 31.6. The van der Waals surface area contributed by atoms with E-state index >= 15 is 0 Å². The third kappa shape index (κ3) is 4.88. The zero-order chi connectivity index (χ0) is 29.8. The van der Waals surface area contributed by atoms with Crippen LogP contribution in [0.25, 0.3) is 0 Å². The van der Waals surface area contributed by atoms with Crippen LogP contribution in [-0.2, 0) is 19.2 Å². The molecule has 0 aromatic carbocycles. The zero-order valence-corrected chi connectivity index (χ0v) is 26.3. The van der Waals surface area contributed by atoms with Gasteiger partial charge in [-0.1, -0.05) is 39.3 Å². The van der Waals surface area contributed by atoms with Crippen LogP contribution in [0.3, 0.4) is 0 Å². The van der Waals surface area contributed by atoms with Gasteiger partial charge in [-0.15, -0.1) is 0 Å². The number of ether oxygens (including phenoxy) is 1. The maximum Gasteiger partial charge on any atom is 0.303 e. The van der Waals surface area contributed by atoms with E-state index in [4.69, 9.17) is 9.57 Å². The predicted molar refractivity (Wildman–Crippen MR) is 155 cm³/mol. The number of amides is 1. The average Bonchev–Trinajstić information content (AvgIpc) is 3.14. The maximum atomic E-state index is 13.8. The molecule has 4 rings (SSSR count). The second kappa shape index (κ2) is 11.2. The number of likely N-dealkylation sites (N-methyl/N-ethyl adjacent to an activating group) is 1. The van der Waals surface area contributed by atoms with E-state index in [1.54, 1.807) is 7.05 Å². The predicted octanol–water partition coefficient (Wildman–Crippen LogP) is 5.60. The van der Waals surface area contributed by atoms with E-state index < -0.39 is 12.2 Å². The van der Waals surface area contributed by atoms with Gasteiger partial charge in [-0.25, -0.2) is 5.06 Å². The van der Waals surface area contributed by atoms with Gasteiger partial charge in [-0.2, -0.15) is 0 Å². The third-order valence-electron chi connectivity index (χ3n) is 12.1. The first-order valence-corrected chi connectivity index (χ1v) is 15.3. The molecule has 10 atom stereocenters. The quantitative estimate of drug-likeness (QED) is 0.190. The molecule has 7 nitrogen and oxygen atoms in total. The fourth-order valence-corrected chi connectivity index (χ4v) is 10.1. The highest BCUT2D eigenvalue weighted by atomic mass is 16.7. The van der Waals surface area contributed by atoms with Crippen LogP contribution in [-0.4, -0.2) is 59.6 Å². The summed E-state index contributed by atoms with van der Waals surface area (Å²) in [6.07, 6.45) is 6.81. The first-order chi connectivity index (χ1) is 18.6. The Kier molecular flexibility index (Phi) is 8.73. The molecule has 0 aliphatic heterocycles. The lowest BCUT2D eigenvalue weighted by atomic mass is 9.36. The Hall–Kier alpha value is -1.70. The summed E-state index contributed by atoms with van der Waals surface area (Å²) < 4.78 is 6.04. The van der Waals surface area contributed by atoms with Crippen molar-refractivity contribution in [3.05, 3.63) is 22.8 Å². The molecule has 40 heavy (non-hydrogen) atoms. The number of aliphatic hydroxyl groups is 2. The Morgan fingerprint density at radius 1 is 1.05 bits per heavy atom. The molecule has 1 amide bonds. The number of rotatable bonds is 6. The Morgan fingerprint density at radius 2 is 1.73 bits per heavy atom. The van der Waals surface area contributed by atoms with Crippen molar-refractivity contribution < 1.29 is 29.4 Å². The lowest BCUT2D eigenvalue weighted by molar-refractivity contribution is -0.234. The molecule has 226 valence electrons. The Balaban J connectivity index is 1.86. The van der Waals surface area contributed by atoms with Crippen LogP contribution in [0.2, 0.25) is 0 Å². The van der Waals surface area contributed by atoms with E-state index in [-0.39, 0.29) is 52.0 Å². The van der Waals surface area contributed by atoms with Crippen molar-refractivity contribution in [2.24, 2.45) is 39.9 Å². The summed E-state index contributed by atoms with van der Waals surface area (Å²) in [5.74, 6) is -0.0174. The van der Waals surface area contributed by atoms with E-state index in [1.165, 1.54) is 24.7 Å². The van der Waals surface area contributed by atoms with Crippen LogP contribution in [0, 0.1) is 39.9 Å². The van der Waals surface area contributed by atoms with Crippen molar-refractivity contribution in [1.82, 2.24) is 5.06 Å². The molecular weight excluding hydrogens is 506 g/mol. The van der Waals surface area contributed by atoms with Gasteiger partial charge in [0.1, 0.15) is 6.10 Å². The normalized spacial score (nSPS) is 43.6. The van der Waals surface area contributed by atoms with Gasteiger partial charge in [-0.3, -0.25) is 14.4 Å². The van der Waals surface area contributed by atoms with Crippen LogP contribution < -0.4 is 0 Å². The fourth-order valence-electron chi connectivity index (χ4n) is 10.1. The van der Waals surface area contributed by atoms with Gasteiger partial charge in [0.25, 0.3) is 5.91 Å². The van der Waals surface area contributed by atoms with Crippen molar-refractivity contribution in [3.63, 3.8) is 0 Å².